The molecular formula is C21H25N5O2S2. The third kappa shape index (κ3) is 5.21. The third-order valence-corrected chi connectivity index (χ3v) is 6.80. The minimum absolute atomic E-state index is 0.00409. The van der Waals surface area contributed by atoms with Crippen LogP contribution in [0.1, 0.15) is 17.4 Å². The summed E-state index contributed by atoms with van der Waals surface area (Å²) in [7, 11) is 0. The topological polar surface area (TPSA) is 72.3 Å². The average molecular weight is 444 g/mol. The SMILES string of the molecule is CC(Sc1nnc(N2CCOCC2)n1Cc1ccccc1)C(=O)NCc1cccs1. The first-order chi connectivity index (χ1) is 14.7. The number of aromatic nitrogens is 3. The summed E-state index contributed by atoms with van der Waals surface area (Å²) in [4.78, 5) is 15.9. The van der Waals surface area contributed by atoms with Crippen molar-refractivity contribution in [3.63, 3.8) is 0 Å². The number of thiophene rings is 1. The molecular weight excluding hydrogens is 418 g/mol. The number of carbonyl (C=O) groups excluding carboxylic acids is 1. The maximum absolute atomic E-state index is 12.6. The van der Waals surface area contributed by atoms with Crippen LogP contribution in [0.2, 0.25) is 0 Å². The Balaban J connectivity index is 1.49. The van der Waals surface area contributed by atoms with Gasteiger partial charge in [0.05, 0.1) is 31.6 Å². The summed E-state index contributed by atoms with van der Waals surface area (Å²) in [6.45, 7) is 6.06. The molecule has 0 radical (unpaired) electrons. The van der Waals surface area contributed by atoms with Crippen LogP contribution in [0.5, 0.6) is 0 Å². The van der Waals surface area contributed by atoms with E-state index in [0.29, 0.717) is 26.3 Å². The fourth-order valence-corrected chi connectivity index (χ4v) is 4.73. The molecule has 1 N–H and O–H groups in total. The molecule has 4 rings (SSSR count). The lowest BCUT2D eigenvalue weighted by Crippen LogP contribution is -2.38. The Morgan fingerprint density at radius 2 is 2.00 bits per heavy atom. The number of benzene rings is 1. The Labute approximate surface area is 184 Å². The molecule has 1 saturated heterocycles. The number of ether oxygens (including phenoxy) is 1. The zero-order chi connectivity index (χ0) is 20.8. The van der Waals surface area contributed by atoms with Gasteiger partial charge in [0.2, 0.25) is 11.9 Å². The first kappa shape index (κ1) is 20.9. The number of hydrogen-bond acceptors (Lipinski definition) is 7. The van der Waals surface area contributed by atoms with E-state index in [1.807, 2.05) is 42.6 Å². The van der Waals surface area contributed by atoms with Crippen molar-refractivity contribution >= 4 is 35.0 Å². The molecule has 0 spiro atoms. The highest BCUT2D eigenvalue weighted by Gasteiger charge is 2.24. The Morgan fingerprint density at radius 3 is 2.73 bits per heavy atom. The average Bonchev–Trinajstić information content (AvgIpc) is 3.44. The first-order valence-corrected chi connectivity index (χ1v) is 11.7. The number of carbonyl (C=O) groups is 1. The Morgan fingerprint density at radius 1 is 1.20 bits per heavy atom. The molecule has 0 saturated carbocycles. The van der Waals surface area contributed by atoms with Gasteiger partial charge in [-0.15, -0.1) is 21.5 Å². The van der Waals surface area contributed by atoms with Crippen LogP contribution in [0.3, 0.4) is 0 Å². The molecule has 1 aliphatic rings. The van der Waals surface area contributed by atoms with Gasteiger partial charge in [-0.25, -0.2) is 0 Å². The van der Waals surface area contributed by atoms with Crippen molar-refractivity contribution in [2.45, 2.75) is 30.4 Å². The van der Waals surface area contributed by atoms with Gasteiger partial charge in [0.25, 0.3) is 0 Å². The van der Waals surface area contributed by atoms with Crippen molar-refractivity contribution in [2.75, 3.05) is 31.2 Å². The maximum atomic E-state index is 12.6. The number of nitrogens with one attached hydrogen (secondary N) is 1. The van der Waals surface area contributed by atoms with Crippen LogP contribution < -0.4 is 10.2 Å². The lowest BCUT2D eigenvalue weighted by atomic mass is 10.2. The molecule has 3 heterocycles. The van der Waals surface area contributed by atoms with Gasteiger partial charge in [-0.05, 0) is 23.9 Å². The number of morpholine rings is 1. The first-order valence-electron chi connectivity index (χ1n) is 9.97. The van der Waals surface area contributed by atoms with Crippen molar-refractivity contribution in [1.82, 2.24) is 20.1 Å². The summed E-state index contributed by atoms with van der Waals surface area (Å²) in [6, 6.07) is 14.3. The van der Waals surface area contributed by atoms with E-state index in [1.54, 1.807) is 11.3 Å². The normalized spacial score (nSPS) is 15.2. The van der Waals surface area contributed by atoms with Crippen molar-refractivity contribution < 1.29 is 9.53 Å². The second-order valence-corrected chi connectivity index (χ2v) is 9.35. The predicted molar refractivity (Wildman–Crippen MR) is 120 cm³/mol. The lowest BCUT2D eigenvalue weighted by Gasteiger charge is -2.28. The van der Waals surface area contributed by atoms with Crippen molar-refractivity contribution in [2.24, 2.45) is 0 Å². The molecule has 30 heavy (non-hydrogen) atoms. The van der Waals surface area contributed by atoms with E-state index >= 15 is 0 Å². The lowest BCUT2D eigenvalue weighted by molar-refractivity contribution is -0.120. The van der Waals surface area contributed by atoms with Crippen LogP contribution in [0.4, 0.5) is 5.95 Å². The second-order valence-electron chi connectivity index (χ2n) is 7.01. The van der Waals surface area contributed by atoms with E-state index in [0.717, 1.165) is 29.1 Å². The Hall–Kier alpha value is -2.36. The quantitative estimate of drug-likeness (QED) is 0.540. The zero-order valence-electron chi connectivity index (χ0n) is 16.9. The Bertz CT molecular complexity index is 940. The fraction of sp³-hybridized carbons (Fsp3) is 0.381. The van der Waals surface area contributed by atoms with E-state index in [1.165, 1.54) is 17.3 Å². The molecule has 0 bridgehead atoms. The minimum Gasteiger partial charge on any atom is -0.378 e. The summed E-state index contributed by atoms with van der Waals surface area (Å²) in [5, 5.41) is 14.4. The number of anilines is 1. The second kappa shape index (κ2) is 10.1. The molecule has 1 aromatic carbocycles. The minimum atomic E-state index is -0.277. The summed E-state index contributed by atoms with van der Waals surface area (Å²) in [5.74, 6) is 0.825. The van der Waals surface area contributed by atoms with E-state index < -0.39 is 0 Å². The smallest absolute Gasteiger partial charge is 0.233 e. The summed E-state index contributed by atoms with van der Waals surface area (Å²) in [5.41, 5.74) is 1.17. The van der Waals surface area contributed by atoms with Gasteiger partial charge in [0.15, 0.2) is 5.16 Å². The van der Waals surface area contributed by atoms with E-state index in [2.05, 4.69) is 37.1 Å². The number of amides is 1. The molecule has 2 aromatic heterocycles. The van der Waals surface area contributed by atoms with Crippen LogP contribution >= 0.6 is 23.1 Å². The van der Waals surface area contributed by atoms with Gasteiger partial charge in [-0.3, -0.25) is 9.36 Å². The van der Waals surface area contributed by atoms with E-state index in [-0.39, 0.29) is 11.2 Å². The van der Waals surface area contributed by atoms with Crippen molar-refractivity contribution in [1.29, 1.82) is 0 Å². The van der Waals surface area contributed by atoms with Crippen molar-refractivity contribution in [3.8, 4) is 0 Å². The summed E-state index contributed by atoms with van der Waals surface area (Å²) in [6.07, 6.45) is 0. The number of thioether (sulfide) groups is 1. The van der Waals surface area contributed by atoms with E-state index in [4.69, 9.17) is 4.74 Å². The molecule has 1 unspecified atom stereocenters. The molecule has 9 heteroatoms. The van der Waals surface area contributed by atoms with Gasteiger partial charge >= 0.3 is 0 Å². The van der Waals surface area contributed by atoms with Crippen LogP contribution in [-0.4, -0.2) is 52.2 Å². The van der Waals surface area contributed by atoms with Crippen LogP contribution in [-0.2, 0) is 22.6 Å². The van der Waals surface area contributed by atoms with Gasteiger partial charge < -0.3 is 15.0 Å². The highest BCUT2D eigenvalue weighted by atomic mass is 32.2. The molecule has 0 aliphatic carbocycles. The van der Waals surface area contributed by atoms with Crippen LogP contribution in [0, 0.1) is 0 Å². The predicted octanol–water partition coefficient (Wildman–Crippen LogP) is 3.02. The molecule has 1 fully saturated rings. The fourth-order valence-electron chi connectivity index (χ4n) is 3.21. The van der Waals surface area contributed by atoms with Crippen LogP contribution in [0.15, 0.2) is 53.0 Å². The van der Waals surface area contributed by atoms with Gasteiger partial charge in [0, 0.05) is 18.0 Å². The number of hydrogen-bond donors (Lipinski definition) is 1. The number of nitrogens with zero attached hydrogens (tertiary/aromatic N) is 4. The van der Waals surface area contributed by atoms with Gasteiger partial charge in [-0.1, -0.05) is 48.2 Å². The molecule has 1 aliphatic heterocycles. The van der Waals surface area contributed by atoms with Gasteiger partial charge in [0.1, 0.15) is 0 Å². The third-order valence-electron chi connectivity index (χ3n) is 4.84. The molecule has 1 amide bonds. The molecule has 7 nitrogen and oxygen atoms in total. The highest BCUT2D eigenvalue weighted by Crippen LogP contribution is 2.27. The monoisotopic (exact) mass is 443 g/mol. The standard InChI is InChI=1S/C21H25N5O2S2/c1-16(19(27)22-14-18-8-5-13-29-18)30-21-24-23-20(25-9-11-28-12-10-25)26(21)15-17-6-3-2-4-7-17/h2-8,13,16H,9-12,14-15H2,1H3,(H,22,27). The number of rotatable bonds is 8. The van der Waals surface area contributed by atoms with Crippen LogP contribution in [0.25, 0.3) is 0 Å². The highest BCUT2D eigenvalue weighted by molar-refractivity contribution is 8.00. The van der Waals surface area contributed by atoms with Gasteiger partial charge in [-0.2, -0.15) is 0 Å². The summed E-state index contributed by atoms with van der Waals surface area (Å²) >= 11 is 3.08. The van der Waals surface area contributed by atoms with Crippen molar-refractivity contribution in [3.05, 3.63) is 58.3 Å². The molecule has 3 aromatic rings. The largest absolute Gasteiger partial charge is 0.378 e. The zero-order valence-corrected chi connectivity index (χ0v) is 18.5. The maximum Gasteiger partial charge on any atom is 0.233 e. The Kier molecular flexibility index (Phi) is 7.03. The molecule has 158 valence electrons. The van der Waals surface area contributed by atoms with E-state index in [9.17, 15) is 4.79 Å². The molecule has 1 atom stereocenters. The summed E-state index contributed by atoms with van der Waals surface area (Å²) < 4.78 is 7.59.